The molecule has 4 nitrogen and oxygen atoms in total. The molecule has 1 aromatic heterocycles. The maximum absolute atomic E-state index is 12.3. The molecule has 2 aliphatic carbocycles. The zero-order valence-corrected chi connectivity index (χ0v) is 17.8. The highest BCUT2D eigenvalue weighted by Gasteiger charge is 2.57. The average molecular weight is 423 g/mol. The number of nitrogens with zero attached hydrogens (tertiary/aromatic N) is 1. The number of fused-ring (bicyclic) bond motifs is 4. The van der Waals surface area contributed by atoms with Crippen molar-refractivity contribution in [2.45, 2.75) is 43.1 Å². The zero-order chi connectivity index (χ0) is 20.5. The Labute approximate surface area is 181 Å². The van der Waals surface area contributed by atoms with E-state index in [9.17, 15) is 10.2 Å². The molecule has 5 heteroatoms. The van der Waals surface area contributed by atoms with E-state index in [1.165, 1.54) is 24.1 Å². The van der Waals surface area contributed by atoms with E-state index in [1.807, 2.05) is 24.3 Å². The molecule has 0 bridgehead atoms. The van der Waals surface area contributed by atoms with Gasteiger partial charge in [-0.25, -0.2) is 0 Å². The average Bonchev–Trinajstić information content (AvgIpc) is 3.46. The van der Waals surface area contributed by atoms with Crippen LogP contribution in [0.2, 0.25) is 5.02 Å². The number of rotatable bonds is 3. The van der Waals surface area contributed by atoms with Crippen molar-refractivity contribution in [1.29, 1.82) is 0 Å². The van der Waals surface area contributed by atoms with Crippen molar-refractivity contribution in [1.82, 2.24) is 9.88 Å². The number of H-pyrrole nitrogens is 1. The summed E-state index contributed by atoms with van der Waals surface area (Å²) in [6.07, 6.45) is 4.88. The van der Waals surface area contributed by atoms with E-state index in [2.05, 4.69) is 22.0 Å². The summed E-state index contributed by atoms with van der Waals surface area (Å²) >= 11 is 6.24. The van der Waals surface area contributed by atoms with Crippen LogP contribution in [0.4, 0.5) is 0 Å². The highest BCUT2D eigenvalue weighted by atomic mass is 35.5. The summed E-state index contributed by atoms with van der Waals surface area (Å²) in [7, 11) is 0. The van der Waals surface area contributed by atoms with E-state index >= 15 is 0 Å². The van der Waals surface area contributed by atoms with Crippen LogP contribution < -0.4 is 0 Å². The molecule has 3 aliphatic rings. The van der Waals surface area contributed by atoms with Crippen molar-refractivity contribution < 1.29 is 10.2 Å². The largest absolute Gasteiger partial charge is 0.508 e. The molecule has 2 atom stereocenters. The number of phenols is 1. The summed E-state index contributed by atoms with van der Waals surface area (Å²) in [4.78, 5) is 6.07. The predicted molar refractivity (Wildman–Crippen MR) is 119 cm³/mol. The number of halogens is 1. The maximum atomic E-state index is 12.3. The van der Waals surface area contributed by atoms with Crippen LogP contribution in [0, 0.1) is 5.92 Å². The molecule has 2 fully saturated rings. The summed E-state index contributed by atoms with van der Waals surface area (Å²) in [5.74, 6) is 1.06. The van der Waals surface area contributed by atoms with Crippen molar-refractivity contribution in [2.75, 3.05) is 19.6 Å². The third-order valence-corrected chi connectivity index (χ3v) is 7.98. The molecule has 0 radical (unpaired) electrons. The molecular formula is C25H27ClN2O2. The minimum Gasteiger partial charge on any atom is -0.508 e. The van der Waals surface area contributed by atoms with E-state index in [0.717, 1.165) is 53.3 Å². The van der Waals surface area contributed by atoms with E-state index < -0.39 is 11.0 Å². The Morgan fingerprint density at radius 1 is 1.13 bits per heavy atom. The Morgan fingerprint density at radius 2 is 2.00 bits per heavy atom. The lowest BCUT2D eigenvalue weighted by molar-refractivity contribution is -0.103. The third-order valence-electron chi connectivity index (χ3n) is 7.75. The summed E-state index contributed by atoms with van der Waals surface area (Å²) in [6, 6.07) is 13.5. The molecular weight excluding hydrogens is 396 g/mol. The first kappa shape index (κ1) is 18.7. The van der Waals surface area contributed by atoms with Gasteiger partial charge < -0.3 is 20.1 Å². The van der Waals surface area contributed by atoms with Crippen LogP contribution in [0.3, 0.4) is 0 Å². The van der Waals surface area contributed by atoms with E-state index in [-0.39, 0.29) is 5.75 Å². The quantitative estimate of drug-likeness (QED) is 0.586. The topological polar surface area (TPSA) is 59.5 Å². The Bertz CT molecular complexity index is 1140. The van der Waals surface area contributed by atoms with Crippen molar-refractivity contribution in [3.05, 3.63) is 64.3 Å². The smallest absolute Gasteiger partial charge is 0.115 e. The number of hydrogen-bond acceptors (Lipinski definition) is 3. The van der Waals surface area contributed by atoms with Gasteiger partial charge in [-0.3, -0.25) is 0 Å². The zero-order valence-electron chi connectivity index (χ0n) is 17.0. The van der Waals surface area contributed by atoms with Crippen LogP contribution >= 0.6 is 11.6 Å². The molecule has 1 aliphatic heterocycles. The monoisotopic (exact) mass is 422 g/mol. The van der Waals surface area contributed by atoms with E-state index in [1.54, 1.807) is 6.07 Å². The summed E-state index contributed by atoms with van der Waals surface area (Å²) in [5, 5.41) is 24.4. The molecule has 2 unspecified atom stereocenters. The van der Waals surface area contributed by atoms with Crippen LogP contribution in [-0.2, 0) is 18.3 Å². The SMILES string of the molecule is Oc1cccc(C23CCN(CC4CC4)CC2(O)Cc2c([nH]c4cc(Cl)ccc24)C3)c1. The minimum absolute atomic E-state index is 0.263. The van der Waals surface area contributed by atoms with Crippen molar-refractivity contribution in [3.63, 3.8) is 0 Å². The van der Waals surface area contributed by atoms with Crippen LogP contribution in [-0.4, -0.2) is 45.3 Å². The number of aromatic amines is 1. The number of phenolic OH excluding ortho intramolecular Hbond substituents is 1. The Balaban J connectivity index is 1.49. The van der Waals surface area contributed by atoms with Crippen molar-refractivity contribution >= 4 is 22.5 Å². The van der Waals surface area contributed by atoms with Gasteiger partial charge in [0.05, 0.1) is 5.60 Å². The van der Waals surface area contributed by atoms with Gasteiger partial charge in [-0.05, 0) is 67.1 Å². The molecule has 1 saturated heterocycles. The fraction of sp³-hybridized carbons (Fsp3) is 0.440. The predicted octanol–water partition coefficient (Wildman–Crippen LogP) is 4.41. The normalized spacial score (nSPS) is 29.0. The molecule has 0 spiro atoms. The third kappa shape index (κ3) is 2.81. The molecule has 0 amide bonds. The molecule has 1 saturated carbocycles. The first-order chi connectivity index (χ1) is 14.5. The highest BCUT2D eigenvalue weighted by molar-refractivity contribution is 6.31. The number of benzene rings is 2. The molecule has 3 N–H and O–H groups in total. The summed E-state index contributed by atoms with van der Waals surface area (Å²) < 4.78 is 0. The van der Waals surface area contributed by atoms with Crippen LogP contribution in [0.25, 0.3) is 10.9 Å². The van der Waals surface area contributed by atoms with Gasteiger partial charge in [-0.2, -0.15) is 0 Å². The van der Waals surface area contributed by atoms with E-state index in [0.29, 0.717) is 13.0 Å². The molecule has 6 rings (SSSR count). The van der Waals surface area contributed by atoms with Crippen molar-refractivity contribution in [3.8, 4) is 5.75 Å². The molecule has 3 aromatic rings. The van der Waals surface area contributed by atoms with Gasteiger partial charge in [0.1, 0.15) is 5.75 Å². The number of nitrogens with one attached hydrogen (secondary N) is 1. The molecule has 156 valence electrons. The number of piperidine rings is 1. The lowest BCUT2D eigenvalue weighted by Crippen LogP contribution is -2.66. The lowest BCUT2D eigenvalue weighted by atomic mass is 9.56. The van der Waals surface area contributed by atoms with Crippen LogP contribution in [0.1, 0.15) is 36.1 Å². The summed E-state index contributed by atoms with van der Waals surface area (Å²) in [6.45, 7) is 2.75. The first-order valence-corrected chi connectivity index (χ1v) is 11.4. The standard InChI is InChI=1S/C25H27ClN2O2/c26-18-6-7-20-21-12-25(30)15-28(14-16-4-5-16)9-8-24(25,13-23(21)27-22(20)11-18)17-2-1-3-19(29)10-17/h1-3,6-7,10-11,16,27,29-30H,4-5,8-9,12-15H2. The molecule has 30 heavy (non-hydrogen) atoms. The Hall–Kier alpha value is -2.01. The van der Waals surface area contributed by atoms with Crippen LogP contribution in [0.5, 0.6) is 5.75 Å². The number of aromatic nitrogens is 1. The fourth-order valence-electron chi connectivity index (χ4n) is 6.03. The number of hydrogen-bond donors (Lipinski definition) is 3. The second-order valence-electron chi connectivity index (χ2n) is 9.72. The lowest BCUT2D eigenvalue weighted by Gasteiger charge is -2.56. The first-order valence-electron chi connectivity index (χ1n) is 11.0. The van der Waals surface area contributed by atoms with Crippen LogP contribution in [0.15, 0.2) is 42.5 Å². The fourth-order valence-corrected chi connectivity index (χ4v) is 6.20. The Kier molecular flexibility index (Phi) is 4.05. The minimum atomic E-state index is -0.879. The van der Waals surface area contributed by atoms with Gasteiger partial charge in [0.25, 0.3) is 0 Å². The maximum Gasteiger partial charge on any atom is 0.115 e. The van der Waals surface area contributed by atoms with Gasteiger partial charge in [0.2, 0.25) is 0 Å². The number of β-amino-alcohol motifs (C(OH)–C–C–N with tert-alkyl or cyclic N) is 1. The van der Waals surface area contributed by atoms with Gasteiger partial charge in [0, 0.05) is 53.0 Å². The van der Waals surface area contributed by atoms with Gasteiger partial charge in [-0.1, -0.05) is 29.8 Å². The Morgan fingerprint density at radius 3 is 2.80 bits per heavy atom. The van der Waals surface area contributed by atoms with Gasteiger partial charge >= 0.3 is 0 Å². The second-order valence-corrected chi connectivity index (χ2v) is 10.2. The second kappa shape index (κ2) is 6.49. The highest BCUT2D eigenvalue weighted by Crippen LogP contribution is 2.52. The van der Waals surface area contributed by atoms with Gasteiger partial charge in [-0.15, -0.1) is 0 Å². The van der Waals surface area contributed by atoms with Crippen molar-refractivity contribution in [2.24, 2.45) is 5.92 Å². The number of aromatic hydroxyl groups is 1. The molecule has 2 aromatic carbocycles. The van der Waals surface area contributed by atoms with E-state index in [4.69, 9.17) is 11.6 Å². The van der Waals surface area contributed by atoms with Gasteiger partial charge in [0.15, 0.2) is 0 Å². The number of likely N-dealkylation sites (tertiary alicyclic amines) is 1. The summed E-state index contributed by atoms with van der Waals surface area (Å²) in [5.41, 5.74) is 3.19. The molecule has 2 heterocycles. The number of aliphatic hydroxyl groups is 1.